The molecule has 0 bridgehead atoms. The molecule has 90 valence electrons. The Labute approximate surface area is 101 Å². The third-order valence-corrected chi connectivity index (χ3v) is 2.82. The Morgan fingerprint density at radius 3 is 2.94 bits per heavy atom. The first-order valence-corrected chi connectivity index (χ1v) is 5.63. The number of nitrogens with one attached hydrogen (secondary N) is 1. The standard InChI is InChI=1S/C12H17N5/c1-17-8-7-15-12(17)11(16-13)5-4-10-3-2-6-14-9-10/h2-3,6-9,11,16H,4-5,13H2,1H3. The highest BCUT2D eigenvalue weighted by Crippen LogP contribution is 2.15. The van der Waals surface area contributed by atoms with Gasteiger partial charge in [-0.25, -0.2) is 10.4 Å². The fraction of sp³-hybridized carbons (Fsp3) is 0.333. The number of nitrogens with two attached hydrogens (primary N) is 1. The molecule has 5 nitrogen and oxygen atoms in total. The smallest absolute Gasteiger partial charge is 0.126 e. The molecule has 2 aromatic rings. The number of rotatable bonds is 5. The summed E-state index contributed by atoms with van der Waals surface area (Å²) in [6.07, 6.45) is 9.18. The van der Waals surface area contributed by atoms with E-state index in [4.69, 9.17) is 5.84 Å². The molecule has 0 saturated carbocycles. The lowest BCUT2D eigenvalue weighted by Gasteiger charge is -2.15. The third-order valence-electron chi connectivity index (χ3n) is 2.82. The van der Waals surface area contributed by atoms with E-state index < -0.39 is 0 Å². The monoisotopic (exact) mass is 231 g/mol. The predicted octanol–water partition coefficient (Wildman–Crippen LogP) is 0.952. The van der Waals surface area contributed by atoms with Crippen LogP contribution in [0.3, 0.4) is 0 Å². The molecule has 3 N–H and O–H groups in total. The van der Waals surface area contributed by atoms with Crippen LogP contribution in [0.1, 0.15) is 23.9 Å². The van der Waals surface area contributed by atoms with Gasteiger partial charge >= 0.3 is 0 Å². The fourth-order valence-corrected chi connectivity index (χ4v) is 1.86. The molecule has 0 aliphatic heterocycles. The van der Waals surface area contributed by atoms with Crippen molar-refractivity contribution in [1.82, 2.24) is 20.0 Å². The highest BCUT2D eigenvalue weighted by molar-refractivity contribution is 5.09. The van der Waals surface area contributed by atoms with Crippen LogP contribution in [0.4, 0.5) is 0 Å². The first-order valence-electron chi connectivity index (χ1n) is 5.63. The third kappa shape index (κ3) is 2.89. The quantitative estimate of drug-likeness (QED) is 0.594. The van der Waals surface area contributed by atoms with E-state index in [1.54, 1.807) is 12.4 Å². The summed E-state index contributed by atoms with van der Waals surface area (Å²) < 4.78 is 1.98. The maximum atomic E-state index is 5.58. The van der Waals surface area contributed by atoms with Crippen LogP contribution < -0.4 is 11.3 Å². The number of nitrogens with zero attached hydrogens (tertiary/aromatic N) is 3. The van der Waals surface area contributed by atoms with E-state index >= 15 is 0 Å². The molecule has 0 amide bonds. The minimum atomic E-state index is 0.0650. The number of hydrogen-bond acceptors (Lipinski definition) is 4. The fourth-order valence-electron chi connectivity index (χ4n) is 1.86. The Morgan fingerprint density at radius 1 is 1.47 bits per heavy atom. The Balaban J connectivity index is 2.00. The van der Waals surface area contributed by atoms with Crippen molar-refractivity contribution in [1.29, 1.82) is 0 Å². The molecule has 2 aromatic heterocycles. The molecular weight excluding hydrogens is 214 g/mol. The van der Waals surface area contributed by atoms with Gasteiger partial charge in [-0.3, -0.25) is 10.8 Å². The van der Waals surface area contributed by atoms with E-state index in [1.807, 2.05) is 30.1 Å². The second-order valence-electron chi connectivity index (χ2n) is 4.02. The van der Waals surface area contributed by atoms with Gasteiger partial charge in [0.1, 0.15) is 5.82 Å². The molecule has 0 fully saturated rings. The number of hydrazine groups is 1. The topological polar surface area (TPSA) is 68.8 Å². The molecule has 0 saturated heterocycles. The molecule has 0 aromatic carbocycles. The lowest BCUT2D eigenvalue weighted by Crippen LogP contribution is -2.30. The summed E-state index contributed by atoms with van der Waals surface area (Å²) in [4.78, 5) is 8.40. The minimum absolute atomic E-state index is 0.0650. The molecule has 0 aliphatic rings. The molecule has 5 heteroatoms. The average Bonchev–Trinajstić information content (AvgIpc) is 2.78. The van der Waals surface area contributed by atoms with Crippen molar-refractivity contribution in [3.8, 4) is 0 Å². The van der Waals surface area contributed by atoms with E-state index in [2.05, 4.69) is 21.5 Å². The first kappa shape index (κ1) is 11.8. The van der Waals surface area contributed by atoms with E-state index in [9.17, 15) is 0 Å². The second-order valence-corrected chi connectivity index (χ2v) is 4.02. The van der Waals surface area contributed by atoms with Gasteiger partial charge in [-0.05, 0) is 24.5 Å². The molecule has 1 atom stereocenters. The number of pyridine rings is 1. The van der Waals surface area contributed by atoms with Gasteiger partial charge < -0.3 is 4.57 Å². The molecule has 2 rings (SSSR count). The average molecular weight is 231 g/mol. The van der Waals surface area contributed by atoms with Crippen molar-refractivity contribution in [3.05, 3.63) is 48.3 Å². The summed E-state index contributed by atoms with van der Waals surface area (Å²) in [5.41, 5.74) is 4.02. The van der Waals surface area contributed by atoms with Crippen molar-refractivity contribution < 1.29 is 0 Å². The summed E-state index contributed by atoms with van der Waals surface area (Å²) in [7, 11) is 1.97. The van der Waals surface area contributed by atoms with Gasteiger partial charge in [-0.1, -0.05) is 6.07 Å². The zero-order valence-corrected chi connectivity index (χ0v) is 9.87. The van der Waals surface area contributed by atoms with E-state index in [0.717, 1.165) is 18.7 Å². The van der Waals surface area contributed by atoms with Gasteiger partial charge in [0.2, 0.25) is 0 Å². The normalized spacial score (nSPS) is 12.6. The van der Waals surface area contributed by atoms with Gasteiger partial charge in [0, 0.05) is 31.8 Å². The molecule has 0 aliphatic carbocycles. The summed E-state index contributed by atoms with van der Waals surface area (Å²) in [5.74, 6) is 6.53. The molecule has 0 radical (unpaired) electrons. The lowest BCUT2D eigenvalue weighted by molar-refractivity contribution is 0.478. The van der Waals surface area contributed by atoms with Crippen LogP contribution in [0.25, 0.3) is 0 Å². The zero-order chi connectivity index (χ0) is 12.1. The van der Waals surface area contributed by atoms with Gasteiger partial charge in [0.05, 0.1) is 6.04 Å². The molecule has 0 spiro atoms. The van der Waals surface area contributed by atoms with Crippen molar-refractivity contribution >= 4 is 0 Å². The summed E-state index contributed by atoms with van der Waals surface area (Å²) in [6, 6.07) is 4.08. The number of aromatic nitrogens is 3. The Bertz CT molecular complexity index is 451. The van der Waals surface area contributed by atoms with Crippen molar-refractivity contribution in [3.63, 3.8) is 0 Å². The predicted molar refractivity (Wildman–Crippen MR) is 65.8 cm³/mol. The van der Waals surface area contributed by atoms with Crippen LogP contribution in [-0.2, 0) is 13.5 Å². The van der Waals surface area contributed by atoms with Gasteiger partial charge in [-0.2, -0.15) is 0 Å². The SMILES string of the molecule is Cn1ccnc1C(CCc1cccnc1)NN. The number of hydrogen-bond donors (Lipinski definition) is 2. The first-order chi connectivity index (χ1) is 8.31. The summed E-state index contributed by atoms with van der Waals surface area (Å²) in [5, 5.41) is 0. The highest BCUT2D eigenvalue weighted by atomic mass is 15.3. The van der Waals surface area contributed by atoms with Gasteiger partial charge in [-0.15, -0.1) is 0 Å². The van der Waals surface area contributed by atoms with Gasteiger partial charge in [0.25, 0.3) is 0 Å². The lowest BCUT2D eigenvalue weighted by atomic mass is 10.1. The zero-order valence-electron chi connectivity index (χ0n) is 9.87. The molecule has 17 heavy (non-hydrogen) atoms. The Hall–Kier alpha value is -1.72. The largest absolute Gasteiger partial charge is 0.337 e. The number of aryl methyl sites for hydroxylation is 2. The van der Waals surface area contributed by atoms with E-state index in [1.165, 1.54) is 5.56 Å². The van der Waals surface area contributed by atoms with Crippen LogP contribution >= 0.6 is 0 Å². The molecule has 1 unspecified atom stereocenters. The van der Waals surface area contributed by atoms with E-state index in [0.29, 0.717) is 0 Å². The highest BCUT2D eigenvalue weighted by Gasteiger charge is 2.13. The van der Waals surface area contributed by atoms with Crippen LogP contribution in [0.2, 0.25) is 0 Å². The Morgan fingerprint density at radius 2 is 2.35 bits per heavy atom. The van der Waals surface area contributed by atoms with Gasteiger partial charge in [0.15, 0.2) is 0 Å². The van der Waals surface area contributed by atoms with Crippen LogP contribution in [0.5, 0.6) is 0 Å². The number of imidazole rings is 1. The Kier molecular flexibility index (Phi) is 3.85. The van der Waals surface area contributed by atoms with Crippen molar-refractivity contribution in [2.75, 3.05) is 0 Å². The molecule has 2 heterocycles. The second kappa shape index (κ2) is 5.56. The maximum Gasteiger partial charge on any atom is 0.126 e. The van der Waals surface area contributed by atoms with Crippen LogP contribution in [0, 0.1) is 0 Å². The maximum absolute atomic E-state index is 5.58. The van der Waals surface area contributed by atoms with Crippen LogP contribution in [0.15, 0.2) is 36.9 Å². The van der Waals surface area contributed by atoms with Crippen molar-refractivity contribution in [2.45, 2.75) is 18.9 Å². The van der Waals surface area contributed by atoms with Crippen LogP contribution in [-0.4, -0.2) is 14.5 Å². The molecular formula is C12H17N5. The summed E-state index contributed by atoms with van der Waals surface area (Å²) in [6.45, 7) is 0. The van der Waals surface area contributed by atoms with E-state index in [-0.39, 0.29) is 6.04 Å². The summed E-state index contributed by atoms with van der Waals surface area (Å²) >= 11 is 0. The minimum Gasteiger partial charge on any atom is -0.337 e. The van der Waals surface area contributed by atoms with Crippen molar-refractivity contribution in [2.24, 2.45) is 12.9 Å².